The van der Waals surface area contributed by atoms with Crippen LogP contribution >= 0.6 is 0 Å². The maximum Gasteiger partial charge on any atom is 0.413 e. The molecule has 2 amide bonds. The molecule has 1 saturated heterocycles. The quantitative estimate of drug-likeness (QED) is 0.445. The molecule has 1 aliphatic heterocycles. The smallest absolute Gasteiger partial charge is 0.413 e. The number of hydrogen-bond donors (Lipinski definition) is 2. The number of carbonyl (C=O) groups excluding carboxylic acids is 2. The summed E-state index contributed by atoms with van der Waals surface area (Å²) in [5, 5.41) is 15.2. The Kier molecular flexibility index (Phi) is 10.8. The monoisotopic (exact) mass is 471 g/mol. The number of nitrogens with one attached hydrogen (secondary N) is 2. The zero-order valence-corrected chi connectivity index (χ0v) is 20.7. The lowest BCUT2D eigenvalue weighted by molar-refractivity contribution is -0.123. The molecular formula is C25H37N5O4. The minimum absolute atomic E-state index is 0.211. The van der Waals surface area contributed by atoms with Gasteiger partial charge in [0.15, 0.2) is 0 Å². The third kappa shape index (κ3) is 9.79. The summed E-state index contributed by atoms with van der Waals surface area (Å²) >= 11 is 0. The molecule has 0 saturated carbocycles. The molecule has 186 valence electrons. The first kappa shape index (κ1) is 27.1. The van der Waals surface area contributed by atoms with E-state index in [4.69, 9.17) is 9.47 Å². The van der Waals surface area contributed by atoms with Crippen LogP contribution in [0, 0.1) is 16.7 Å². The molecule has 1 aromatic rings. The first-order valence-electron chi connectivity index (χ1n) is 11.8. The summed E-state index contributed by atoms with van der Waals surface area (Å²) in [7, 11) is 0. The van der Waals surface area contributed by atoms with Crippen LogP contribution in [-0.2, 0) is 20.7 Å². The highest BCUT2D eigenvalue weighted by molar-refractivity contribution is 5.96. The molecule has 1 aliphatic rings. The maximum atomic E-state index is 13.3. The fourth-order valence-corrected chi connectivity index (χ4v) is 3.54. The number of rotatable bonds is 8. The second-order valence-electron chi connectivity index (χ2n) is 9.39. The number of aryl methyl sites for hydroxylation is 1. The Morgan fingerprint density at radius 2 is 1.91 bits per heavy atom. The highest BCUT2D eigenvalue weighted by Gasteiger charge is 2.29. The number of carbonyl (C=O) groups is 2. The Bertz CT molecular complexity index is 854. The fraction of sp³-hybridized carbons (Fsp3) is 0.600. The van der Waals surface area contributed by atoms with Gasteiger partial charge >= 0.3 is 6.09 Å². The molecule has 2 N–H and O–H groups in total. The van der Waals surface area contributed by atoms with E-state index in [-0.39, 0.29) is 23.9 Å². The van der Waals surface area contributed by atoms with Crippen LogP contribution in [0.2, 0.25) is 0 Å². The van der Waals surface area contributed by atoms with Crippen LogP contribution in [-0.4, -0.2) is 67.9 Å². The minimum Gasteiger partial charge on any atom is -0.450 e. The van der Waals surface area contributed by atoms with Crippen LogP contribution in [0.3, 0.4) is 0 Å². The van der Waals surface area contributed by atoms with Gasteiger partial charge in [-0.15, -0.1) is 0 Å². The summed E-state index contributed by atoms with van der Waals surface area (Å²) in [6.07, 6.45) is 0.986. The molecule has 34 heavy (non-hydrogen) atoms. The standard InChI is InChI=1S/C25H37N5O4/c1-5-34-24(32)29-23(30-13-15-33-16-14-30)28-21(17-25(2,3)4)22(31)27-20(18-26)12-11-19-9-7-6-8-10-19/h6-10,20-21H,5,11-17H2,1-4H3,(H,27,31)(H,28,29,32). The molecule has 1 fully saturated rings. The molecule has 1 aromatic carbocycles. The molecular weight excluding hydrogens is 434 g/mol. The van der Waals surface area contributed by atoms with E-state index >= 15 is 0 Å². The number of nitrogens with zero attached hydrogens (tertiary/aromatic N) is 3. The summed E-state index contributed by atoms with van der Waals surface area (Å²) < 4.78 is 10.4. The van der Waals surface area contributed by atoms with Crippen molar-refractivity contribution < 1.29 is 19.1 Å². The van der Waals surface area contributed by atoms with Crippen molar-refractivity contribution in [1.29, 1.82) is 5.26 Å². The van der Waals surface area contributed by atoms with Crippen LogP contribution < -0.4 is 10.6 Å². The van der Waals surface area contributed by atoms with Crippen molar-refractivity contribution in [2.24, 2.45) is 10.4 Å². The number of amides is 2. The molecule has 2 rings (SSSR count). The third-order valence-electron chi connectivity index (χ3n) is 5.22. The van der Waals surface area contributed by atoms with Gasteiger partial charge in [-0.1, -0.05) is 51.1 Å². The van der Waals surface area contributed by atoms with Crippen molar-refractivity contribution in [1.82, 2.24) is 15.5 Å². The van der Waals surface area contributed by atoms with Crippen LogP contribution in [0.5, 0.6) is 0 Å². The van der Waals surface area contributed by atoms with Gasteiger partial charge in [0.05, 0.1) is 25.9 Å². The molecule has 0 spiro atoms. The summed E-state index contributed by atoms with van der Waals surface area (Å²) in [6.45, 7) is 10.1. The largest absolute Gasteiger partial charge is 0.450 e. The van der Waals surface area contributed by atoms with E-state index in [1.165, 1.54) is 0 Å². The van der Waals surface area contributed by atoms with E-state index in [0.29, 0.717) is 45.6 Å². The predicted octanol–water partition coefficient (Wildman–Crippen LogP) is 2.87. The number of guanidine groups is 1. The van der Waals surface area contributed by atoms with E-state index < -0.39 is 18.2 Å². The van der Waals surface area contributed by atoms with Crippen molar-refractivity contribution in [2.45, 2.75) is 59.0 Å². The third-order valence-corrected chi connectivity index (χ3v) is 5.22. The van der Waals surface area contributed by atoms with Crippen LogP contribution in [0.1, 0.15) is 46.1 Å². The predicted molar refractivity (Wildman–Crippen MR) is 130 cm³/mol. The average molecular weight is 472 g/mol. The Morgan fingerprint density at radius 3 is 2.50 bits per heavy atom. The van der Waals surface area contributed by atoms with E-state index in [1.807, 2.05) is 56.0 Å². The second-order valence-corrected chi connectivity index (χ2v) is 9.39. The highest BCUT2D eigenvalue weighted by Crippen LogP contribution is 2.23. The Morgan fingerprint density at radius 1 is 1.24 bits per heavy atom. The second kappa shape index (κ2) is 13.6. The lowest BCUT2D eigenvalue weighted by atomic mass is 9.88. The Hall–Kier alpha value is -3.12. The number of alkyl carbamates (subject to hydrolysis) is 1. The zero-order chi connectivity index (χ0) is 25.0. The molecule has 0 aliphatic carbocycles. The van der Waals surface area contributed by atoms with Gasteiger partial charge in [-0.3, -0.25) is 10.1 Å². The number of benzene rings is 1. The molecule has 2 unspecified atom stereocenters. The first-order chi connectivity index (χ1) is 16.2. The van der Waals surface area contributed by atoms with Crippen LogP contribution in [0.25, 0.3) is 0 Å². The van der Waals surface area contributed by atoms with Crippen LogP contribution in [0.15, 0.2) is 35.3 Å². The Labute approximate surface area is 202 Å². The minimum atomic E-state index is -0.785. The topological polar surface area (TPSA) is 116 Å². The molecule has 0 aromatic heterocycles. The van der Waals surface area contributed by atoms with Crippen molar-refractivity contribution in [3.05, 3.63) is 35.9 Å². The summed E-state index contributed by atoms with van der Waals surface area (Å²) in [5.74, 6) is -0.0603. The van der Waals surface area contributed by atoms with Crippen molar-refractivity contribution in [3.8, 4) is 6.07 Å². The summed E-state index contributed by atoms with van der Waals surface area (Å²) in [4.78, 5) is 32.0. The zero-order valence-electron chi connectivity index (χ0n) is 20.7. The van der Waals surface area contributed by atoms with Gasteiger partial charge in [0, 0.05) is 13.1 Å². The van der Waals surface area contributed by atoms with E-state index in [2.05, 4.69) is 21.7 Å². The number of morpholine rings is 1. The first-order valence-corrected chi connectivity index (χ1v) is 11.8. The lowest BCUT2D eigenvalue weighted by Crippen LogP contribution is -2.51. The summed E-state index contributed by atoms with van der Waals surface area (Å²) in [6, 6.07) is 10.6. The SMILES string of the molecule is CCOC(=O)NC(=NC(CC(C)(C)C)C(=O)NC(C#N)CCc1ccccc1)N1CCOCC1. The van der Waals surface area contributed by atoms with E-state index in [0.717, 1.165) is 5.56 Å². The van der Waals surface area contributed by atoms with Crippen molar-refractivity contribution >= 4 is 18.0 Å². The van der Waals surface area contributed by atoms with E-state index in [9.17, 15) is 14.9 Å². The fourth-order valence-electron chi connectivity index (χ4n) is 3.54. The number of nitriles is 1. The van der Waals surface area contributed by atoms with Gasteiger partial charge in [0.2, 0.25) is 11.9 Å². The lowest BCUT2D eigenvalue weighted by Gasteiger charge is -2.31. The molecule has 0 radical (unpaired) electrons. The Balaban J connectivity index is 2.20. The average Bonchev–Trinajstić information content (AvgIpc) is 2.81. The number of aliphatic imine (C=N–C) groups is 1. The van der Waals surface area contributed by atoms with Gasteiger partial charge in [-0.2, -0.15) is 5.26 Å². The molecule has 2 atom stereocenters. The van der Waals surface area contributed by atoms with Crippen molar-refractivity contribution in [3.63, 3.8) is 0 Å². The molecule has 9 nitrogen and oxygen atoms in total. The summed E-state index contributed by atoms with van der Waals surface area (Å²) in [5.41, 5.74) is 0.895. The highest BCUT2D eigenvalue weighted by atomic mass is 16.5. The molecule has 0 bridgehead atoms. The van der Waals surface area contributed by atoms with Crippen LogP contribution in [0.4, 0.5) is 4.79 Å². The van der Waals surface area contributed by atoms with Gasteiger partial charge in [-0.25, -0.2) is 9.79 Å². The molecule has 1 heterocycles. The van der Waals surface area contributed by atoms with E-state index in [1.54, 1.807) is 6.92 Å². The van der Waals surface area contributed by atoms with Gasteiger partial charge in [0.25, 0.3) is 0 Å². The normalized spacial score (nSPS) is 16.2. The van der Waals surface area contributed by atoms with Gasteiger partial charge < -0.3 is 19.7 Å². The van der Waals surface area contributed by atoms with Crippen molar-refractivity contribution in [2.75, 3.05) is 32.9 Å². The number of hydrogen-bond acceptors (Lipinski definition) is 6. The molecule has 9 heteroatoms. The van der Waals surface area contributed by atoms with Gasteiger partial charge in [0.1, 0.15) is 12.1 Å². The van der Waals surface area contributed by atoms with Gasteiger partial charge in [-0.05, 0) is 37.2 Å². The maximum absolute atomic E-state index is 13.3. The number of ether oxygens (including phenoxy) is 2.